The molecule has 0 unspecified atom stereocenters. The first-order valence-electron chi connectivity index (χ1n) is 5.64. The maximum atomic E-state index is 12.0. The quantitative estimate of drug-likeness (QED) is 0.263. The monoisotopic (exact) mass is 297 g/mol. The van der Waals surface area contributed by atoms with Crippen LogP contribution < -0.4 is 0 Å². The molecule has 0 spiro atoms. The Morgan fingerprint density at radius 2 is 2.05 bits per heavy atom. The minimum atomic E-state index is -3.98. The van der Waals surface area contributed by atoms with E-state index in [0.29, 0.717) is 6.29 Å². The maximum absolute atomic E-state index is 12.0. The van der Waals surface area contributed by atoms with E-state index in [1.54, 1.807) is 0 Å². The molecular formula is C13H15NO5S. The van der Waals surface area contributed by atoms with Crippen LogP contribution in [0.2, 0.25) is 0 Å². The fourth-order valence-electron chi connectivity index (χ4n) is 1.42. The van der Waals surface area contributed by atoms with Crippen molar-refractivity contribution < 1.29 is 21.9 Å². The molecule has 0 aliphatic rings. The number of carbonyl (C=O) groups is 1. The topological polar surface area (TPSA) is 86.5 Å². The summed E-state index contributed by atoms with van der Waals surface area (Å²) in [7, 11) is -3.98. The van der Waals surface area contributed by atoms with Crippen molar-refractivity contribution in [2.75, 3.05) is 0 Å². The van der Waals surface area contributed by atoms with Gasteiger partial charge in [0.15, 0.2) is 10.7 Å². The number of rotatable bonds is 6. The Morgan fingerprint density at radius 1 is 1.40 bits per heavy atom. The van der Waals surface area contributed by atoms with Crippen LogP contribution in [0.4, 0.5) is 0 Å². The summed E-state index contributed by atoms with van der Waals surface area (Å²) in [4.78, 5) is 10.2. The fourth-order valence-corrected chi connectivity index (χ4v) is 2.69. The molecule has 7 heteroatoms. The predicted octanol–water partition coefficient (Wildman–Crippen LogP) is 2.21. The van der Waals surface area contributed by atoms with Crippen molar-refractivity contribution >= 4 is 16.4 Å². The summed E-state index contributed by atoms with van der Waals surface area (Å²) in [6.45, 7) is 7.92. The first kappa shape index (κ1) is 15.9. The van der Waals surface area contributed by atoms with Crippen molar-refractivity contribution in [1.82, 2.24) is 5.16 Å². The third kappa shape index (κ3) is 3.92. The highest BCUT2D eigenvalue weighted by molar-refractivity contribution is 7.87. The second-order valence-electron chi connectivity index (χ2n) is 4.02. The highest BCUT2D eigenvalue weighted by Crippen LogP contribution is 2.22. The molecule has 0 bridgehead atoms. The molecule has 0 aliphatic carbocycles. The Bertz CT molecular complexity index is 660. The van der Waals surface area contributed by atoms with Crippen LogP contribution in [0.3, 0.4) is 0 Å². The number of aromatic nitrogens is 1. The molecule has 0 aromatic carbocycles. The van der Waals surface area contributed by atoms with Gasteiger partial charge in [-0.15, -0.1) is 0 Å². The minimum absolute atomic E-state index is 0.0773. The van der Waals surface area contributed by atoms with Crippen LogP contribution in [0.25, 0.3) is 0 Å². The van der Waals surface area contributed by atoms with Gasteiger partial charge in [-0.3, -0.25) is 4.79 Å². The van der Waals surface area contributed by atoms with Crippen LogP contribution in [-0.4, -0.2) is 19.9 Å². The highest BCUT2D eigenvalue weighted by atomic mass is 32.2. The van der Waals surface area contributed by atoms with E-state index < -0.39 is 10.1 Å². The van der Waals surface area contributed by atoms with Crippen LogP contribution in [0.5, 0.6) is 0 Å². The number of hydrogen-bond acceptors (Lipinski definition) is 6. The third-order valence-electron chi connectivity index (χ3n) is 2.25. The fraction of sp³-hybridized carbons (Fsp3) is 0.231. The van der Waals surface area contributed by atoms with E-state index in [-0.39, 0.29) is 27.7 Å². The van der Waals surface area contributed by atoms with Crippen LogP contribution in [0.1, 0.15) is 18.4 Å². The van der Waals surface area contributed by atoms with E-state index >= 15 is 0 Å². The summed E-state index contributed by atoms with van der Waals surface area (Å²) in [6, 6.07) is 0. The molecule has 1 aromatic rings. The number of nitrogens with zero attached hydrogens (tertiary/aromatic N) is 1. The van der Waals surface area contributed by atoms with Gasteiger partial charge in [0.2, 0.25) is 0 Å². The van der Waals surface area contributed by atoms with E-state index in [2.05, 4.69) is 11.7 Å². The van der Waals surface area contributed by atoms with Crippen molar-refractivity contribution in [3.63, 3.8) is 0 Å². The van der Waals surface area contributed by atoms with E-state index in [0.717, 1.165) is 0 Å². The first-order chi connectivity index (χ1) is 9.27. The van der Waals surface area contributed by atoms with Gasteiger partial charge in [0.1, 0.15) is 17.7 Å². The molecule has 0 saturated heterocycles. The van der Waals surface area contributed by atoms with Crippen molar-refractivity contribution in [2.24, 2.45) is 0 Å². The molecule has 20 heavy (non-hydrogen) atoms. The van der Waals surface area contributed by atoms with Gasteiger partial charge in [-0.25, -0.2) is 0 Å². The van der Waals surface area contributed by atoms with Gasteiger partial charge in [-0.1, -0.05) is 23.9 Å². The number of hydrogen-bond donors (Lipinski definition) is 0. The van der Waals surface area contributed by atoms with Crippen molar-refractivity contribution in [1.29, 1.82) is 0 Å². The molecule has 1 heterocycles. The number of carbonyl (C=O) groups excluding carboxylic acids is 1. The normalized spacial score (nSPS) is 12.7. The largest absolute Gasteiger partial charge is 0.384 e. The lowest BCUT2D eigenvalue weighted by atomic mass is 10.3. The smallest absolute Gasteiger partial charge is 0.344 e. The lowest BCUT2D eigenvalue weighted by molar-refractivity contribution is -0.104. The molecule has 0 amide bonds. The van der Waals surface area contributed by atoms with Crippen LogP contribution in [0, 0.1) is 13.8 Å². The molecule has 1 aromatic heterocycles. The second-order valence-corrected chi connectivity index (χ2v) is 5.50. The van der Waals surface area contributed by atoms with Gasteiger partial charge >= 0.3 is 10.1 Å². The van der Waals surface area contributed by atoms with Crippen molar-refractivity contribution in [2.45, 2.75) is 25.7 Å². The van der Waals surface area contributed by atoms with Crippen LogP contribution in [0.15, 0.2) is 45.6 Å². The van der Waals surface area contributed by atoms with Crippen LogP contribution in [-0.2, 0) is 19.1 Å². The highest BCUT2D eigenvalue weighted by Gasteiger charge is 2.26. The molecule has 1 rings (SSSR count). The summed E-state index contributed by atoms with van der Waals surface area (Å²) in [5.74, 6) is 0.306. The Hall–Kier alpha value is -2.15. The van der Waals surface area contributed by atoms with Gasteiger partial charge in [0.25, 0.3) is 0 Å². The molecule has 108 valence electrons. The average molecular weight is 297 g/mol. The Balaban J connectivity index is 2.92. The van der Waals surface area contributed by atoms with E-state index in [9.17, 15) is 13.2 Å². The molecule has 6 nitrogen and oxygen atoms in total. The van der Waals surface area contributed by atoms with Gasteiger partial charge in [-0.2, -0.15) is 8.42 Å². The molecule has 0 fully saturated rings. The Labute approximate surface area is 117 Å². The van der Waals surface area contributed by atoms with Gasteiger partial charge in [0.05, 0.1) is 0 Å². The second kappa shape index (κ2) is 6.33. The standard InChI is InChI=1S/C13H15NO5S/c1-9(8-15)6-5-7-10(2)19-20(16,17)13-11(3)14-18-12(13)4/h5-8H,1H2,2-4H3/b6-5-,10-7+. The zero-order valence-corrected chi connectivity index (χ0v) is 12.2. The summed E-state index contributed by atoms with van der Waals surface area (Å²) >= 11 is 0. The van der Waals surface area contributed by atoms with Crippen molar-refractivity contribution in [3.8, 4) is 0 Å². The third-order valence-corrected chi connectivity index (χ3v) is 3.82. The van der Waals surface area contributed by atoms with Gasteiger partial charge in [0, 0.05) is 5.57 Å². The van der Waals surface area contributed by atoms with Gasteiger partial charge < -0.3 is 8.71 Å². The SMILES string of the molecule is C=C(C=O)/C=C\C=C(/C)OS(=O)(=O)c1c(C)noc1C. The maximum Gasteiger partial charge on any atom is 0.344 e. The average Bonchev–Trinajstić information content (AvgIpc) is 2.68. The molecule has 0 radical (unpaired) electrons. The predicted molar refractivity (Wildman–Crippen MR) is 72.3 cm³/mol. The van der Waals surface area contributed by atoms with Crippen molar-refractivity contribution in [3.05, 3.63) is 47.6 Å². The lowest BCUT2D eigenvalue weighted by Crippen LogP contribution is -2.07. The Morgan fingerprint density at radius 3 is 2.55 bits per heavy atom. The summed E-state index contributed by atoms with van der Waals surface area (Å²) in [6.07, 6.45) is 4.89. The first-order valence-corrected chi connectivity index (χ1v) is 7.05. The molecule has 0 atom stereocenters. The van der Waals surface area contributed by atoms with Crippen LogP contribution >= 0.6 is 0 Å². The van der Waals surface area contributed by atoms with E-state index in [1.807, 2.05) is 0 Å². The van der Waals surface area contributed by atoms with Gasteiger partial charge in [-0.05, 0) is 26.8 Å². The van der Waals surface area contributed by atoms with E-state index in [4.69, 9.17) is 8.71 Å². The molecule has 0 aliphatic heterocycles. The number of aldehydes is 1. The summed E-state index contributed by atoms with van der Waals surface area (Å²) < 4.78 is 33.8. The Kier molecular flexibility index (Phi) is 5.04. The zero-order valence-electron chi connectivity index (χ0n) is 11.4. The van der Waals surface area contributed by atoms with E-state index in [1.165, 1.54) is 39.0 Å². The molecule has 0 N–H and O–H groups in total. The lowest BCUT2D eigenvalue weighted by Gasteiger charge is -2.05. The minimum Gasteiger partial charge on any atom is -0.384 e. The number of allylic oxidation sites excluding steroid dienone is 5. The summed E-state index contributed by atoms with van der Waals surface area (Å²) in [5.41, 5.74) is 0.503. The number of aryl methyl sites for hydroxylation is 2. The molecule has 0 saturated carbocycles. The molecular weight excluding hydrogens is 282 g/mol. The summed E-state index contributed by atoms with van der Waals surface area (Å²) in [5, 5.41) is 3.57. The zero-order chi connectivity index (χ0) is 15.3.